The highest BCUT2D eigenvalue weighted by molar-refractivity contribution is 14.0. The van der Waals surface area contributed by atoms with E-state index in [1.807, 2.05) is 23.9 Å². The first-order valence-corrected chi connectivity index (χ1v) is 9.27. The zero-order valence-electron chi connectivity index (χ0n) is 15.0. The van der Waals surface area contributed by atoms with Crippen molar-refractivity contribution in [2.45, 2.75) is 43.9 Å². The van der Waals surface area contributed by atoms with E-state index in [4.69, 9.17) is 4.52 Å². The van der Waals surface area contributed by atoms with E-state index in [0.717, 1.165) is 36.9 Å². The molecule has 0 bridgehead atoms. The maximum atomic E-state index is 5.27. The summed E-state index contributed by atoms with van der Waals surface area (Å²) >= 11 is 1.85. The van der Waals surface area contributed by atoms with Crippen molar-refractivity contribution in [2.75, 3.05) is 13.1 Å². The average molecular weight is 474 g/mol. The van der Waals surface area contributed by atoms with Crippen LogP contribution >= 0.6 is 35.7 Å². The van der Waals surface area contributed by atoms with Crippen LogP contribution in [0.2, 0.25) is 0 Å². The van der Waals surface area contributed by atoms with E-state index in [1.165, 1.54) is 4.90 Å². The van der Waals surface area contributed by atoms with Crippen molar-refractivity contribution in [1.82, 2.24) is 15.8 Å². The van der Waals surface area contributed by atoms with Gasteiger partial charge in [-0.3, -0.25) is 0 Å². The summed E-state index contributed by atoms with van der Waals surface area (Å²) in [5.74, 6) is 1.59. The molecule has 138 valence electrons. The summed E-state index contributed by atoms with van der Waals surface area (Å²) < 4.78 is 5.27. The second kappa shape index (κ2) is 12.2. The van der Waals surface area contributed by atoms with Gasteiger partial charge < -0.3 is 15.2 Å². The second-order valence-electron chi connectivity index (χ2n) is 5.46. The van der Waals surface area contributed by atoms with Crippen molar-refractivity contribution >= 4 is 41.7 Å². The molecular formula is C18H27IN4OS. The van der Waals surface area contributed by atoms with Gasteiger partial charge in [-0.2, -0.15) is 0 Å². The summed E-state index contributed by atoms with van der Waals surface area (Å²) in [7, 11) is 0. The van der Waals surface area contributed by atoms with Crippen LogP contribution in [0.4, 0.5) is 0 Å². The summed E-state index contributed by atoms with van der Waals surface area (Å²) in [5.41, 5.74) is 0.964. The van der Waals surface area contributed by atoms with Gasteiger partial charge in [-0.15, -0.1) is 35.7 Å². The Morgan fingerprint density at radius 1 is 1.24 bits per heavy atom. The summed E-state index contributed by atoms with van der Waals surface area (Å²) in [4.78, 5) is 5.84. The lowest BCUT2D eigenvalue weighted by Gasteiger charge is -2.15. The molecule has 0 spiro atoms. The van der Waals surface area contributed by atoms with Crippen LogP contribution in [0.3, 0.4) is 0 Å². The molecule has 0 aliphatic rings. The number of benzene rings is 1. The summed E-state index contributed by atoms with van der Waals surface area (Å²) in [5, 5.41) is 11.1. The number of aliphatic imine (C=N–C) groups is 1. The van der Waals surface area contributed by atoms with Crippen molar-refractivity contribution in [3.63, 3.8) is 0 Å². The third kappa shape index (κ3) is 8.13. The molecule has 0 fully saturated rings. The van der Waals surface area contributed by atoms with Crippen molar-refractivity contribution < 1.29 is 4.52 Å². The molecule has 2 aromatic rings. The van der Waals surface area contributed by atoms with Gasteiger partial charge in [0.1, 0.15) is 6.54 Å². The molecule has 0 amide bonds. The topological polar surface area (TPSA) is 62.5 Å². The highest BCUT2D eigenvalue weighted by Crippen LogP contribution is 2.21. The number of nitrogens with one attached hydrogen (secondary N) is 2. The molecule has 1 heterocycles. The zero-order chi connectivity index (χ0) is 17.2. The summed E-state index contributed by atoms with van der Waals surface area (Å²) in [6.07, 6.45) is 0.875. The Labute approximate surface area is 171 Å². The Kier molecular flexibility index (Phi) is 10.6. The van der Waals surface area contributed by atoms with E-state index in [1.54, 1.807) is 0 Å². The number of hydrogen-bond donors (Lipinski definition) is 2. The van der Waals surface area contributed by atoms with E-state index in [9.17, 15) is 0 Å². The number of nitrogens with zero attached hydrogens (tertiary/aromatic N) is 2. The maximum Gasteiger partial charge on any atom is 0.191 e. The molecule has 5 nitrogen and oxygen atoms in total. The molecule has 2 N–H and O–H groups in total. The molecule has 1 aromatic heterocycles. The number of halogens is 1. The maximum absolute atomic E-state index is 5.27. The molecule has 1 aromatic carbocycles. The Bertz CT molecular complexity index is 633. The minimum absolute atomic E-state index is 0. The van der Waals surface area contributed by atoms with Crippen LogP contribution in [0.5, 0.6) is 0 Å². The van der Waals surface area contributed by atoms with Crippen LogP contribution in [0.15, 0.2) is 50.8 Å². The molecule has 1 atom stereocenters. The molecule has 0 aliphatic heterocycles. The van der Waals surface area contributed by atoms with Crippen molar-refractivity contribution in [1.29, 1.82) is 0 Å². The lowest BCUT2D eigenvalue weighted by atomic mass is 10.3. The molecule has 1 unspecified atom stereocenters. The van der Waals surface area contributed by atoms with Crippen LogP contribution in [0.1, 0.15) is 32.2 Å². The van der Waals surface area contributed by atoms with Gasteiger partial charge >= 0.3 is 0 Å². The highest BCUT2D eigenvalue weighted by Gasteiger charge is 2.07. The fraction of sp³-hybridized carbons (Fsp3) is 0.444. The molecule has 0 saturated heterocycles. The Morgan fingerprint density at radius 3 is 2.64 bits per heavy atom. The quantitative estimate of drug-likeness (QED) is 0.261. The van der Waals surface area contributed by atoms with Crippen LogP contribution in [-0.4, -0.2) is 29.5 Å². The van der Waals surface area contributed by atoms with Crippen LogP contribution in [0, 0.1) is 0 Å². The monoisotopic (exact) mass is 474 g/mol. The smallest absolute Gasteiger partial charge is 0.191 e. The van der Waals surface area contributed by atoms with Gasteiger partial charge in [0.15, 0.2) is 11.7 Å². The normalized spacial score (nSPS) is 12.4. The Hall–Kier alpha value is -1.22. The van der Waals surface area contributed by atoms with Crippen molar-refractivity contribution in [3.8, 4) is 0 Å². The molecular weight excluding hydrogens is 447 g/mol. The van der Waals surface area contributed by atoms with E-state index < -0.39 is 0 Å². The van der Waals surface area contributed by atoms with Crippen LogP contribution in [0.25, 0.3) is 0 Å². The summed E-state index contributed by atoms with van der Waals surface area (Å²) in [6.45, 7) is 8.47. The third-order valence-corrected chi connectivity index (χ3v) is 4.46. The first-order valence-electron chi connectivity index (χ1n) is 8.39. The summed E-state index contributed by atoms with van der Waals surface area (Å²) in [6, 6.07) is 12.4. The van der Waals surface area contributed by atoms with Crippen LogP contribution in [-0.2, 0) is 13.0 Å². The standard InChI is InChI=1S/C18H26N4OS.HI/c1-4-15-11-16(23-22-15)13-21-18(19-5-2)20-12-14(3)24-17-9-7-6-8-10-17;/h6-11,14H,4-5,12-13H2,1-3H3,(H2,19,20,21);1H. The van der Waals surface area contributed by atoms with Gasteiger partial charge in [0.25, 0.3) is 0 Å². The first-order chi connectivity index (χ1) is 11.7. The fourth-order valence-corrected chi connectivity index (χ4v) is 3.05. The van der Waals surface area contributed by atoms with Crippen molar-refractivity contribution in [3.05, 3.63) is 47.9 Å². The van der Waals surface area contributed by atoms with Gasteiger partial charge in [-0.25, -0.2) is 4.99 Å². The molecule has 25 heavy (non-hydrogen) atoms. The van der Waals surface area contributed by atoms with Gasteiger partial charge in [0.2, 0.25) is 0 Å². The largest absolute Gasteiger partial charge is 0.359 e. The third-order valence-electron chi connectivity index (χ3n) is 3.34. The number of rotatable bonds is 8. The average Bonchev–Trinajstić information content (AvgIpc) is 3.06. The highest BCUT2D eigenvalue weighted by atomic mass is 127. The molecule has 0 radical (unpaired) electrons. The molecule has 0 saturated carbocycles. The number of aryl methyl sites for hydroxylation is 1. The molecule has 0 aliphatic carbocycles. The fourth-order valence-electron chi connectivity index (χ4n) is 2.11. The minimum atomic E-state index is 0. The first kappa shape index (κ1) is 21.8. The minimum Gasteiger partial charge on any atom is -0.359 e. The molecule has 2 rings (SSSR count). The zero-order valence-corrected chi connectivity index (χ0v) is 18.1. The predicted octanol–water partition coefficient (Wildman–Crippen LogP) is 4.09. The van der Waals surface area contributed by atoms with Crippen molar-refractivity contribution in [2.24, 2.45) is 4.99 Å². The number of thioether (sulfide) groups is 1. The van der Waals surface area contributed by atoms with Gasteiger partial charge in [-0.1, -0.05) is 37.2 Å². The lowest BCUT2D eigenvalue weighted by Crippen LogP contribution is -2.40. The number of aromatic nitrogens is 1. The van der Waals surface area contributed by atoms with E-state index in [-0.39, 0.29) is 24.0 Å². The van der Waals surface area contributed by atoms with E-state index in [2.05, 4.69) is 65.8 Å². The van der Waals surface area contributed by atoms with Gasteiger partial charge in [-0.05, 0) is 25.5 Å². The Balaban J connectivity index is 0.00000312. The van der Waals surface area contributed by atoms with E-state index >= 15 is 0 Å². The van der Waals surface area contributed by atoms with Gasteiger partial charge in [0, 0.05) is 29.3 Å². The predicted molar refractivity (Wildman–Crippen MR) is 116 cm³/mol. The Morgan fingerprint density at radius 2 is 2.00 bits per heavy atom. The second-order valence-corrected chi connectivity index (χ2v) is 6.97. The SMILES string of the molecule is CCNC(=NCc1cc(CC)no1)NCC(C)Sc1ccccc1.I. The van der Waals surface area contributed by atoms with Crippen LogP contribution < -0.4 is 10.6 Å². The number of hydrogen-bond acceptors (Lipinski definition) is 4. The number of guanidine groups is 1. The molecule has 7 heteroatoms. The lowest BCUT2D eigenvalue weighted by molar-refractivity contribution is 0.379. The van der Waals surface area contributed by atoms with E-state index in [0.29, 0.717) is 11.8 Å². The van der Waals surface area contributed by atoms with Gasteiger partial charge in [0.05, 0.1) is 5.69 Å².